The lowest BCUT2D eigenvalue weighted by Gasteiger charge is -2.18. The van der Waals surface area contributed by atoms with E-state index in [1.54, 1.807) is 23.7 Å². The van der Waals surface area contributed by atoms with Gasteiger partial charge in [0, 0.05) is 17.1 Å². The van der Waals surface area contributed by atoms with E-state index in [4.69, 9.17) is 9.47 Å². The number of aromatic nitrogens is 3. The molecule has 9 heteroatoms. The van der Waals surface area contributed by atoms with Crippen molar-refractivity contribution in [1.82, 2.24) is 15.2 Å². The Morgan fingerprint density at radius 1 is 1.13 bits per heavy atom. The zero-order valence-electron chi connectivity index (χ0n) is 11.8. The fourth-order valence-corrected chi connectivity index (χ4v) is 2.67. The van der Waals surface area contributed by atoms with E-state index in [9.17, 15) is 4.79 Å². The van der Waals surface area contributed by atoms with Gasteiger partial charge in [0.25, 0.3) is 5.56 Å². The predicted molar refractivity (Wildman–Crippen MR) is 84.1 cm³/mol. The molecular formula is C14H11N5O3S. The number of nitrogens with zero attached hydrogens (tertiary/aromatic N) is 3. The smallest absolute Gasteiger partial charge is 0.292 e. The van der Waals surface area contributed by atoms with E-state index >= 15 is 0 Å². The molecule has 0 bridgehead atoms. The quantitative estimate of drug-likeness (QED) is 0.721. The molecule has 0 unspecified atom stereocenters. The van der Waals surface area contributed by atoms with Gasteiger partial charge in [0.1, 0.15) is 13.2 Å². The van der Waals surface area contributed by atoms with Gasteiger partial charge in [0.15, 0.2) is 17.2 Å². The molecule has 23 heavy (non-hydrogen) atoms. The van der Waals surface area contributed by atoms with E-state index in [2.05, 4.69) is 25.4 Å². The Morgan fingerprint density at radius 3 is 2.83 bits per heavy atom. The number of hydrogen-bond acceptors (Lipinski definition) is 7. The Balaban J connectivity index is 1.74. The van der Waals surface area contributed by atoms with E-state index < -0.39 is 0 Å². The minimum Gasteiger partial charge on any atom is -0.486 e. The van der Waals surface area contributed by atoms with Crippen LogP contribution in [0.4, 0.5) is 10.8 Å². The maximum Gasteiger partial charge on any atom is 0.292 e. The van der Waals surface area contributed by atoms with Crippen LogP contribution in [0.5, 0.6) is 11.5 Å². The molecule has 2 N–H and O–H groups in total. The van der Waals surface area contributed by atoms with Gasteiger partial charge in [0.2, 0.25) is 5.13 Å². The second kappa shape index (κ2) is 5.69. The Labute approximate surface area is 133 Å². The van der Waals surface area contributed by atoms with Crippen molar-refractivity contribution >= 4 is 22.2 Å². The SMILES string of the molecule is O=c1[nH][nH]c(-c2ccc3c(c2)OCCO3)c1N=Nc1nccs1. The van der Waals surface area contributed by atoms with Crippen LogP contribution in [0.25, 0.3) is 11.3 Å². The van der Waals surface area contributed by atoms with Crippen molar-refractivity contribution < 1.29 is 9.47 Å². The molecule has 0 saturated carbocycles. The molecule has 4 rings (SSSR count). The molecule has 0 amide bonds. The number of fused-ring (bicyclic) bond motifs is 1. The number of thiazole rings is 1. The van der Waals surface area contributed by atoms with Gasteiger partial charge in [-0.25, -0.2) is 4.98 Å². The summed E-state index contributed by atoms with van der Waals surface area (Å²) >= 11 is 1.34. The van der Waals surface area contributed by atoms with Gasteiger partial charge in [-0.15, -0.1) is 21.6 Å². The number of aromatic amines is 2. The highest BCUT2D eigenvalue weighted by Crippen LogP contribution is 2.36. The zero-order chi connectivity index (χ0) is 15.6. The molecule has 0 fully saturated rings. The normalized spacial score (nSPS) is 13.6. The molecule has 1 aliphatic heterocycles. The third-order valence-corrected chi connectivity index (χ3v) is 3.89. The third-order valence-electron chi connectivity index (χ3n) is 3.24. The molecular weight excluding hydrogens is 318 g/mol. The first-order valence-corrected chi connectivity index (χ1v) is 7.71. The minimum atomic E-state index is -0.352. The number of nitrogens with one attached hydrogen (secondary N) is 2. The highest BCUT2D eigenvalue weighted by Gasteiger charge is 2.16. The van der Waals surface area contributed by atoms with Gasteiger partial charge in [-0.2, -0.15) is 0 Å². The molecule has 0 spiro atoms. The lowest BCUT2D eigenvalue weighted by atomic mass is 10.1. The maximum atomic E-state index is 11.9. The molecule has 0 radical (unpaired) electrons. The summed E-state index contributed by atoms with van der Waals surface area (Å²) < 4.78 is 11.1. The summed E-state index contributed by atoms with van der Waals surface area (Å²) in [6.45, 7) is 1.03. The number of ether oxygens (including phenoxy) is 2. The molecule has 3 heterocycles. The van der Waals surface area contributed by atoms with Crippen molar-refractivity contribution in [2.45, 2.75) is 0 Å². The van der Waals surface area contributed by atoms with Crippen molar-refractivity contribution in [2.75, 3.05) is 13.2 Å². The zero-order valence-corrected chi connectivity index (χ0v) is 12.6. The Kier molecular flexibility index (Phi) is 3.39. The summed E-state index contributed by atoms with van der Waals surface area (Å²) in [7, 11) is 0. The summed E-state index contributed by atoms with van der Waals surface area (Å²) in [6, 6.07) is 5.43. The van der Waals surface area contributed by atoms with Gasteiger partial charge < -0.3 is 9.47 Å². The van der Waals surface area contributed by atoms with E-state index in [1.807, 2.05) is 6.07 Å². The lowest BCUT2D eigenvalue weighted by molar-refractivity contribution is 0.171. The summed E-state index contributed by atoms with van der Waals surface area (Å²) in [4.78, 5) is 16.0. The van der Waals surface area contributed by atoms with E-state index in [-0.39, 0.29) is 11.2 Å². The number of azo groups is 1. The van der Waals surface area contributed by atoms with Crippen LogP contribution >= 0.6 is 11.3 Å². The highest BCUT2D eigenvalue weighted by atomic mass is 32.1. The van der Waals surface area contributed by atoms with Crippen LogP contribution in [0.3, 0.4) is 0 Å². The number of rotatable bonds is 3. The van der Waals surface area contributed by atoms with Crippen LogP contribution in [0.15, 0.2) is 44.8 Å². The molecule has 0 aliphatic carbocycles. The van der Waals surface area contributed by atoms with Gasteiger partial charge >= 0.3 is 0 Å². The van der Waals surface area contributed by atoms with Crippen molar-refractivity contribution in [2.24, 2.45) is 10.2 Å². The summed E-state index contributed by atoms with van der Waals surface area (Å²) in [5.74, 6) is 1.32. The summed E-state index contributed by atoms with van der Waals surface area (Å²) in [5, 5.41) is 15.6. The van der Waals surface area contributed by atoms with Crippen LogP contribution < -0.4 is 15.0 Å². The van der Waals surface area contributed by atoms with Crippen molar-refractivity contribution in [1.29, 1.82) is 0 Å². The Hall–Kier alpha value is -2.94. The first-order valence-electron chi connectivity index (χ1n) is 6.83. The van der Waals surface area contributed by atoms with E-state index in [0.717, 1.165) is 5.56 Å². The molecule has 1 aromatic carbocycles. The molecule has 0 saturated heterocycles. The van der Waals surface area contributed by atoms with Crippen molar-refractivity contribution in [3.63, 3.8) is 0 Å². The minimum absolute atomic E-state index is 0.192. The van der Waals surface area contributed by atoms with E-state index in [1.165, 1.54) is 11.3 Å². The Morgan fingerprint density at radius 2 is 2.00 bits per heavy atom. The average Bonchev–Trinajstić information content (AvgIpc) is 3.22. The Bertz CT molecular complexity index is 913. The largest absolute Gasteiger partial charge is 0.486 e. The van der Waals surface area contributed by atoms with Crippen LogP contribution in [0.2, 0.25) is 0 Å². The fraction of sp³-hybridized carbons (Fsp3) is 0.143. The van der Waals surface area contributed by atoms with Crippen LogP contribution in [0, 0.1) is 0 Å². The molecule has 8 nitrogen and oxygen atoms in total. The highest BCUT2D eigenvalue weighted by molar-refractivity contribution is 7.13. The monoisotopic (exact) mass is 329 g/mol. The first-order chi connectivity index (χ1) is 11.3. The second-order valence-electron chi connectivity index (χ2n) is 4.68. The lowest BCUT2D eigenvalue weighted by Crippen LogP contribution is -2.15. The van der Waals surface area contributed by atoms with Crippen LogP contribution in [-0.2, 0) is 0 Å². The molecule has 3 aromatic rings. The topological polar surface area (TPSA) is 105 Å². The summed E-state index contributed by atoms with van der Waals surface area (Å²) in [6.07, 6.45) is 1.63. The van der Waals surface area contributed by atoms with Gasteiger partial charge in [-0.1, -0.05) is 0 Å². The van der Waals surface area contributed by atoms with Crippen molar-refractivity contribution in [3.05, 3.63) is 40.1 Å². The maximum absolute atomic E-state index is 11.9. The number of H-pyrrole nitrogens is 2. The van der Waals surface area contributed by atoms with Gasteiger partial charge in [0.05, 0.1) is 5.69 Å². The summed E-state index contributed by atoms with van der Waals surface area (Å²) in [5.41, 5.74) is 1.13. The van der Waals surface area contributed by atoms with Crippen LogP contribution in [0.1, 0.15) is 0 Å². The molecule has 116 valence electrons. The van der Waals surface area contributed by atoms with Crippen molar-refractivity contribution in [3.8, 4) is 22.8 Å². The number of benzene rings is 1. The second-order valence-corrected chi connectivity index (χ2v) is 5.55. The first kappa shape index (κ1) is 13.7. The molecule has 1 aliphatic rings. The van der Waals surface area contributed by atoms with Gasteiger partial charge in [-0.05, 0) is 18.2 Å². The van der Waals surface area contributed by atoms with Gasteiger partial charge in [-0.3, -0.25) is 15.0 Å². The third kappa shape index (κ3) is 2.61. The molecule has 0 atom stereocenters. The average molecular weight is 329 g/mol. The standard InChI is InChI=1S/C14H11N5O3S/c20-13-12(17-19-14-15-3-6-23-14)11(16-18-13)8-1-2-9-10(7-8)22-5-4-21-9/h1-3,6-7H,4-5H2,(H2,16,18,20). The van der Waals surface area contributed by atoms with E-state index in [0.29, 0.717) is 35.5 Å². The predicted octanol–water partition coefficient (Wildman–Crippen LogP) is 3.01. The molecule has 2 aromatic heterocycles. The number of hydrogen-bond donors (Lipinski definition) is 2. The fourth-order valence-electron chi connectivity index (χ4n) is 2.21. The van der Waals surface area contributed by atoms with Crippen LogP contribution in [-0.4, -0.2) is 28.4 Å².